The van der Waals surface area contributed by atoms with E-state index in [-0.39, 0.29) is 18.1 Å². The number of hydrogen-bond acceptors (Lipinski definition) is 6. The summed E-state index contributed by atoms with van der Waals surface area (Å²) in [6.45, 7) is 7.15. The fraction of sp³-hybridized carbons (Fsp3) is 0.400. The van der Waals surface area contributed by atoms with Crippen LogP contribution >= 0.6 is 23.1 Å². The van der Waals surface area contributed by atoms with Crippen molar-refractivity contribution in [1.82, 2.24) is 9.88 Å². The lowest BCUT2D eigenvalue weighted by Crippen LogP contribution is -2.48. The van der Waals surface area contributed by atoms with Gasteiger partial charge in [-0.2, -0.15) is 0 Å². The van der Waals surface area contributed by atoms with Crippen molar-refractivity contribution in [2.24, 2.45) is 0 Å². The molecule has 4 rings (SSSR count). The summed E-state index contributed by atoms with van der Waals surface area (Å²) in [4.78, 5) is 19.6. The number of aromatic nitrogens is 1. The highest BCUT2D eigenvalue weighted by molar-refractivity contribution is 8.00. The van der Waals surface area contributed by atoms with Gasteiger partial charge in [0.1, 0.15) is 9.92 Å². The number of aryl methyl sites for hydroxylation is 1. The highest BCUT2D eigenvalue weighted by Gasteiger charge is 2.30. The molecular weight excluding hydrogens is 380 g/mol. The van der Waals surface area contributed by atoms with Crippen molar-refractivity contribution in [1.29, 1.82) is 0 Å². The quantitative estimate of drug-likeness (QED) is 0.590. The molecule has 0 saturated carbocycles. The average Bonchev–Trinajstić information content (AvgIpc) is 3.21. The van der Waals surface area contributed by atoms with Gasteiger partial charge in [-0.25, -0.2) is 4.98 Å². The van der Waals surface area contributed by atoms with Crippen LogP contribution in [-0.2, 0) is 10.5 Å². The molecule has 1 aliphatic heterocycles. The Morgan fingerprint density at radius 2 is 2.04 bits per heavy atom. The molecule has 1 aliphatic rings. The predicted molar refractivity (Wildman–Crippen MR) is 109 cm³/mol. The molecule has 5 nitrogen and oxygen atoms in total. The first-order chi connectivity index (χ1) is 13.0. The second kappa shape index (κ2) is 7.66. The van der Waals surface area contributed by atoms with Gasteiger partial charge < -0.3 is 14.1 Å². The highest BCUT2D eigenvalue weighted by Crippen LogP contribution is 2.34. The molecule has 0 spiro atoms. The summed E-state index contributed by atoms with van der Waals surface area (Å²) in [5.41, 5.74) is 2.72. The largest absolute Gasteiger partial charge is 0.451 e. The number of thiazole rings is 1. The van der Waals surface area contributed by atoms with Crippen LogP contribution in [0.5, 0.6) is 0 Å². The molecule has 2 unspecified atom stereocenters. The molecule has 0 aliphatic carbocycles. The fourth-order valence-electron chi connectivity index (χ4n) is 3.43. The van der Waals surface area contributed by atoms with E-state index in [1.807, 2.05) is 55.3 Å². The van der Waals surface area contributed by atoms with E-state index in [2.05, 4.69) is 4.98 Å². The number of amides is 1. The first-order valence-corrected chi connectivity index (χ1v) is 10.9. The van der Waals surface area contributed by atoms with Gasteiger partial charge in [-0.15, -0.1) is 11.3 Å². The van der Waals surface area contributed by atoms with Crippen molar-refractivity contribution < 1.29 is 13.9 Å². The minimum absolute atomic E-state index is 0.0261. The third-order valence-electron chi connectivity index (χ3n) is 4.54. The number of rotatable bonds is 4. The number of hydrogen-bond donors (Lipinski definition) is 0. The number of furan rings is 1. The van der Waals surface area contributed by atoms with Crippen molar-refractivity contribution in [2.45, 2.75) is 43.1 Å². The number of fused-ring (bicyclic) bond motifs is 1. The number of para-hydroxylation sites is 1. The van der Waals surface area contributed by atoms with Crippen molar-refractivity contribution in [2.75, 3.05) is 13.1 Å². The monoisotopic (exact) mass is 402 g/mol. The third kappa shape index (κ3) is 3.90. The van der Waals surface area contributed by atoms with Gasteiger partial charge >= 0.3 is 0 Å². The van der Waals surface area contributed by atoms with E-state index in [1.54, 1.807) is 23.1 Å². The summed E-state index contributed by atoms with van der Waals surface area (Å²) in [7, 11) is 0. The SMILES string of the molecule is Cc1csc(SCc2c(C(=O)N3CC(C)OC(C)C3)oc3ccccc23)n1. The van der Waals surface area contributed by atoms with Crippen LogP contribution in [0.4, 0.5) is 0 Å². The van der Waals surface area contributed by atoms with E-state index in [0.29, 0.717) is 24.6 Å². The predicted octanol–water partition coefficient (Wildman–Crippen LogP) is 4.74. The lowest BCUT2D eigenvalue weighted by atomic mass is 10.1. The van der Waals surface area contributed by atoms with Crippen LogP contribution in [-0.4, -0.2) is 41.1 Å². The molecule has 1 fully saturated rings. The van der Waals surface area contributed by atoms with Crippen molar-refractivity contribution in [3.05, 3.63) is 46.7 Å². The summed E-state index contributed by atoms with van der Waals surface area (Å²) in [6, 6.07) is 7.84. The number of morpholine rings is 1. The molecule has 2 atom stereocenters. The molecule has 1 saturated heterocycles. The smallest absolute Gasteiger partial charge is 0.290 e. The van der Waals surface area contributed by atoms with Crippen LogP contribution in [0.15, 0.2) is 38.4 Å². The number of carbonyl (C=O) groups excluding carboxylic acids is 1. The van der Waals surface area contributed by atoms with Gasteiger partial charge in [-0.05, 0) is 26.8 Å². The molecule has 1 amide bonds. The van der Waals surface area contributed by atoms with Crippen LogP contribution in [0.25, 0.3) is 11.0 Å². The van der Waals surface area contributed by atoms with Gasteiger partial charge in [-0.3, -0.25) is 4.79 Å². The molecule has 142 valence electrons. The van der Waals surface area contributed by atoms with Gasteiger partial charge in [0.2, 0.25) is 0 Å². The van der Waals surface area contributed by atoms with Gasteiger partial charge in [0.05, 0.1) is 12.2 Å². The Balaban J connectivity index is 1.65. The van der Waals surface area contributed by atoms with Crippen LogP contribution < -0.4 is 0 Å². The van der Waals surface area contributed by atoms with E-state index in [1.165, 1.54) is 0 Å². The topological polar surface area (TPSA) is 55.6 Å². The average molecular weight is 403 g/mol. The standard InChI is InChI=1S/C20H22N2O3S2/c1-12-10-26-20(21-12)27-11-16-15-6-4-5-7-17(15)25-18(16)19(23)22-8-13(2)24-14(3)9-22/h4-7,10,13-14H,8-9,11H2,1-3H3. The van der Waals surface area contributed by atoms with E-state index < -0.39 is 0 Å². The summed E-state index contributed by atoms with van der Waals surface area (Å²) in [5.74, 6) is 1.04. The Morgan fingerprint density at radius 3 is 2.74 bits per heavy atom. The number of benzene rings is 1. The van der Waals surface area contributed by atoms with E-state index in [0.717, 1.165) is 26.6 Å². The third-order valence-corrected chi connectivity index (χ3v) is 6.70. The van der Waals surface area contributed by atoms with Crippen molar-refractivity contribution >= 4 is 40.0 Å². The van der Waals surface area contributed by atoms with Gasteiger partial charge in [0.15, 0.2) is 5.76 Å². The summed E-state index contributed by atoms with van der Waals surface area (Å²) < 4.78 is 12.8. The minimum Gasteiger partial charge on any atom is -0.451 e. The summed E-state index contributed by atoms with van der Waals surface area (Å²) >= 11 is 3.27. The van der Waals surface area contributed by atoms with Crippen molar-refractivity contribution in [3.63, 3.8) is 0 Å². The maximum Gasteiger partial charge on any atom is 0.290 e. The summed E-state index contributed by atoms with van der Waals surface area (Å²) in [6.07, 6.45) is 0.0522. The second-order valence-electron chi connectivity index (χ2n) is 6.92. The van der Waals surface area contributed by atoms with Crippen LogP contribution in [0.3, 0.4) is 0 Å². The van der Waals surface area contributed by atoms with Gasteiger partial charge in [-0.1, -0.05) is 30.0 Å². The van der Waals surface area contributed by atoms with Crippen LogP contribution in [0, 0.1) is 6.92 Å². The maximum absolute atomic E-state index is 13.3. The highest BCUT2D eigenvalue weighted by atomic mass is 32.2. The molecule has 1 aromatic carbocycles. The zero-order chi connectivity index (χ0) is 19.0. The molecule has 0 bridgehead atoms. The van der Waals surface area contributed by atoms with Gasteiger partial charge in [0.25, 0.3) is 5.91 Å². The number of ether oxygens (including phenoxy) is 1. The Labute approximate surface area is 166 Å². The van der Waals surface area contributed by atoms with E-state index in [9.17, 15) is 4.79 Å². The fourth-order valence-corrected chi connectivity index (χ4v) is 5.31. The first-order valence-electron chi connectivity index (χ1n) is 9.01. The van der Waals surface area contributed by atoms with E-state index in [4.69, 9.17) is 9.15 Å². The Kier molecular flexibility index (Phi) is 5.25. The zero-order valence-electron chi connectivity index (χ0n) is 15.6. The molecule has 27 heavy (non-hydrogen) atoms. The Bertz CT molecular complexity index is 955. The maximum atomic E-state index is 13.3. The lowest BCUT2D eigenvalue weighted by molar-refractivity contribution is -0.0592. The zero-order valence-corrected chi connectivity index (χ0v) is 17.2. The summed E-state index contributed by atoms with van der Waals surface area (Å²) in [5, 5.41) is 3.04. The number of thioether (sulfide) groups is 1. The first kappa shape index (κ1) is 18.5. The molecule has 2 aromatic heterocycles. The van der Waals surface area contributed by atoms with Crippen molar-refractivity contribution in [3.8, 4) is 0 Å². The van der Waals surface area contributed by atoms with Crippen LogP contribution in [0.2, 0.25) is 0 Å². The molecule has 0 N–H and O–H groups in total. The minimum atomic E-state index is -0.0564. The van der Waals surface area contributed by atoms with E-state index >= 15 is 0 Å². The lowest BCUT2D eigenvalue weighted by Gasteiger charge is -2.34. The number of nitrogens with zero attached hydrogens (tertiary/aromatic N) is 2. The second-order valence-corrected chi connectivity index (χ2v) is 9.00. The molecule has 3 heterocycles. The van der Waals surface area contributed by atoms with Gasteiger partial charge in [0, 0.05) is 40.9 Å². The normalized spacial score (nSPS) is 20.3. The van der Waals surface area contributed by atoms with Crippen LogP contribution in [0.1, 0.15) is 35.7 Å². The number of carbonyl (C=O) groups is 1. The Morgan fingerprint density at radius 1 is 1.30 bits per heavy atom. The Hall–Kier alpha value is -1.83. The molecule has 3 aromatic rings. The molecule has 0 radical (unpaired) electrons. The molecule has 7 heteroatoms. The molecular formula is C20H22N2O3S2.